The molecule has 1 heterocycles. The number of ether oxygens (including phenoxy) is 3. The predicted octanol–water partition coefficient (Wildman–Crippen LogP) is 3.33. The van der Waals surface area contributed by atoms with E-state index in [1.807, 2.05) is 36.4 Å². The number of nitrogens with one attached hydrogen (secondary N) is 1. The minimum absolute atomic E-state index is 0.106. The molecule has 1 aliphatic rings. The fraction of sp³-hybridized carbons (Fsp3) is 0.167. The number of halogens is 1. The van der Waals surface area contributed by atoms with Crippen LogP contribution in [0, 0.1) is 17.1 Å². The first kappa shape index (κ1) is 23.4. The Morgan fingerprint density at radius 2 is 1.94 bits per heavy atom. The number of carbonyl (C=O) groups excluding carboxylic acids is 1. The van der Waals surface area contributed by atoms with Gasteiger partial charge in [-0.05, 0) is 30.3 Å². The predicted molar refractivity (Wildman–Crippen MR) is 117 cm³/mol. The van der Waals surface area contributed by atoms with E-state index in [0.29, 0.717) is 11.3 Å². The van der Waals surface area contributed by atoms with Gasteiger partial charge in [0.25, 0.3) is 0 Å². The van der Waals surface area contributed by atoms with Crippen molar-refractivity contribution < 1.29 is 31.8 Å². The number of rotatable bonds is 7. The van der Waals surface area contributed by atoms with Gasteiger partial charge in [-0.1, -0.05) is 36.4 Å². The number of sulfonamides is 1. The lowest BCUT2D eigenvalue weighted by Gasteiger charge is -2.28. The molecule has 0 saturated carbocycles. The summed E-state index contributed by atoms with van der Waals surface area (Å²) in [6.45, 7) is -0.867. The standard InChI is InChI=1S/C24H19FN2O6S/c25-20-10-18(23-19(11-20)15-32-24(33-23)17-6-2-1-3-7-17)14-31-22(28)13-27-34(29,30)21-8-4-5-16(9-21)12-26/h1-11,24,27H,13-15H2/t24-/m1/s1. The molecule has 0 unspecified atom stereocenters. The third kappa shape index (κ3) is 5.40. The van der Waals surface area contributed by atoms with E-state index >= 15 is 0 Å². The van der Waals surface area contributed by atoms with Gasteiger partial charge in [-0.25, -0.2) is 12.8 Å². The highest BCUT2D eigenvalue weighted by atomic mass is 32.2. The van der Waals surface area contributed by atoms with Crippen molar-refractivity contribution >= 4 is 16.0 Å². The van der Waals surface area contributed by atoms with Gasteiger partial charge in [-0.2, -0.15) is 9.98 Å². The summed E-state index contributed by atoms with van der Waals surface area (Å²) in [5.74, 6) is -1.07. The van der Waals surface area contributed by atoms with Gasteiger partial charge in [0, 0.05) is 16.7 Å². The van der Waals surface area contributed by atoms with E-state index in [0.717, 1.165) is 5.56 Å². The number of esters is 1. The largest absolute Gasteiger partial charge is 0.460 e. The monoisotopic (exact) mass is 482 g/mol. The third-order valence-corrected chi connectivity index (χ3v) is 6.36. The lowest BCUT2D eigenvalue weighted by molar-refractivity contribution is -0.143. The van der Waals surface area contributed by atoms with E-state index in [1.165, 1.54) is 36.4 Å². The topological polar surface area (TPSA) is 115 Å². The zero-order valence-electron chi connectivity index (χ0n) is 17.7. The quantitative estimate of drug-likeness (QED) is 0.514. The molecular formula is C24H19FN2O6S. The lowest BCUT2D eigenvalue weighted by atomic mass is 10.1. The second kappa shape index (κ2) is 10.0. The van der Waals surface area contributed by atoms with Crippen LogP contribution in [-0.4, -0.2) is 20.9 Å². The van der Waals surface area contributed by atoms with Gasteiger partial charge in [-0.3, -0.25) is 4.79 Å². The summed E-state index contributed by atoms with van der Waals surface area (Å²) in [4.78, 5) is 12.0. The van der Waals surface area contributed by atoms with Crippen LogP contribution in [0.1, 0.15) is 28.5 Å². The molecule has 1 aliphatic heterocycles. The molecule has 0 saturated heterocycles. The minimum atomic E-state index is -4.03. The van der Waals surface area contributed by atoms with Gasteiger partial charge >= 0.3 is 5.97 Å². The number of carbonyl (C=O) groups is 1. The molecular weight excluding hydrogens is 463 g/mol. The normalized spacial score (nSPS) is 15.0. The molecule has 0 aromatic heterocycles. The molecule has 1 atom stereocenters. The Balaban J connectivity index is 1.41. The van der Waals surface area contributed by atoms with Crippen LogP contribution < -0.4 is 9.46 Å². The second-order valence-corrected chi connectivity index (χ2v) is 9.12. The van der Waals surface area contributed by atoms with Crippen LogP contribution in [0.5, 0.6) is 5.75 Å². The van der Waals surface area contributed by atoms with E-state index in [2.05, 4.69) is 4.72 Å². The van der Waals surface area contributed by atoms with E-state index in [-0.39, 0.29) is 29.2 Å². The molecule has 3 aromatic rings. The molecule has 0 bridgehead atoms. The summed E-state index contributed by atoms with van der Waals surface area (Å²) in [5.41, 5.74) is 1.70. The lowest BCUT2D eigenvalue weighted by Crippen LogP contribution is -2.30. The zero-order valence-corrected chi connectivity index (χ0v) is 18.5. The first-order chi connectivity index (χ1) is 16.4. The SMILES string of the molecule is N#Cc1cccc(S(=O)(=O)NCC(=O)OCc2cc(F)cc3c2O[C@H](c2ccccc2)OC3)c1. The minimum Gasteiger partial charge on any atom is -0.460 e. The van der Waals surface area contributed by atoms with Crippen molar-refractivity contribution in [3.05, 3.63) is 94.8 Å². The van der Waals surface area contributed by atoms with Crippen molar-refractivity contribution in [3.63, 3.8) is 0 Å². The Labute approximate surface area is 195 Å². The smallest absolute Gasteiger partial charge is 0.321 e. The average Bonchev–Trinajstić information content (AvgIpc) is 2.86. The van der Waals surface area contributed by atoms with Crippen LogP contribution in [0.4, 0.5) is 4.39 Å². The fourth-order valence-corrected chi connectivity index (χ4v) is 4.35. The van der Waals surface area contributed by atoms with Crippen molar-refractivity contribution in [2.45, 2.75) is 24.4 Å². The Bertz CT molecular complexity index is 1360. The maximum Gasteiger partial charge on any atom is 0.321 e. The van der Waals surface area contributed by atoms with Crippen molar-refractivity contribution in [2.24, 2.45) is 0 Å². The molecule has 0 fully saturated rings. The highest BCUT2D eigenvalue weighted by molar-refractivity contribution is 7.89. The van der Waals surface area contributed by atoms with Gasteiger partial charge in [0.1, 0.15) is 24.7 Å². The molecule has 0 aliphatic carbocycles. The second-order valence-electron chi connectivity index (χ2n) is 7.35. The first-order valence-corrected chi connectivity index (χ1v) is 11.6. The number of hydrogen-bond acceptors (Lipinski definition) is 7. The molecule has 174 valence electrons. The average molecular weight is 482 g/mol. The summed E-state index contributed by atoms with van der Waals surface area (Å²) in [6, 6.07) is 18.9. The highest BCUT2D eigenvalue weighted by Gasteiger charge is 2.26. The summed E-state index contributed by atoms with van der Waals surface area (Å²) in [6.07, 6.45) is -0.704. The van der Waals surface area contributed by atoms with Crippen LogP contribution in [0.25, 0.3) is 0 Å². The molecule has 1 N–H and O–H groups in total. The Hall–Kier alpha value is -3.78. The molecule has 0 radical (unpaired) electrons. The van der Waals surface area contributed by atoms with Crippen molar-refractivity contribution in [2.75, 3.05) is 6.54 Å². The van der Waals surface area contributed by atoms with E-state index < -0.39 is 34.6 Å². The summed E-state index contributed by atoms with van der Waals surface area (Å²) in [7, 11) is -4.03. The van der Waals surface area contributed by atoms with Crippen LogP contribution in [-0.2, 0) is 37.5 Å². The number of nitrogens with zero attached hydrogens (tertiary/aromatic N) is 1. The van der Waals surface area contributed by atoms with E-state index in [9.17, 15) is 17.6 Å². The number of nitriles is 1. The maximum absolute atomic E-state index is 14.1. The summed E-state index contributed by atoms with van der Waals surface area (Å²) in [5, 5.41) is 8.92. The summed E-state index contributed by atoms with van der Waals surface area (Å²) >= 11 is 0. The van der Waals surface area contributed by atoms with Crippen molar-refractivity contribution in [1.29, 1.82) is 5.26 Å². The molecule has 0 spiro atoms. The van der Waals surface area contributed by atoms with E-state index in [1.54, 1.807) is 0 Å². The fourth-order valence-electron chi connectivity index (χ4n) is 3.34. The molecule has 10 heteroatoms. The molecule has 0 amide bonds. The Morgan fingerprint density at radius 3 is 2.71 bits per heavy atom. The molecule has 4 rings (SSSR count). The first-order valence-electron chi connectivity index (χ1n) is 10.2. The third-order valence-electron chi connectivity index (χ3n) is 4.96. The van der Waals surface area contributed by atoms with Crippen molar-refractivity contribution in [3.8, 4) is 11.8 Å². The van der Waals surface area contributed by atoms with Gasteiger partial charge in [0.15, 0.2) is 0 Å². The van der Waals surface area contributed by atoms with Crippen molar-refractivity contribution in [1.82, 2.24) is 4.72 Å². The molecule has 34 heavy (non-hydrogen) atoms. The zero-order chi connectivity index (χ0) is 24.1. The Kier molecular flexibility index (Phi) is 6.88. The summed E-state index contributed by atoms with van der Waals surface area (Å²) < 4.78 is 57.7. The van der Waals surface area contributed by atoms with Gasteiger partial charge in [0.05, 0.1) is 23.1 Å². The number of fused-ring (bicyclic) bond motifs is 1. The number of hydrogen-bond donors (Lipinski definition) is 1. The molecule has 8 nitrogen and oxygen atoms in total. The van der Waals surface area contributed by atoms with Crippen LogP contribution in [0.15, 0.2) is 71.6 Å². The number of benzene rings is 3. The molecule has 3 aromatic carbocycles. The van der Waals surface area contributed by atoms with Crippen LogP contribution in [0.2, 0.25) is 0 Å². The highest BCUT2D eigenvalue weighted by Crippen LogP contribution is 2.36. The van der Waals surface area contributed by atoms with Gasteiger partial charge in [0.2, 0.25) is 16.3 Å². The van der Waals surface area contributed by atoms with Gasteiger partial charge < -0.3 is 14.2 Å². The van der Waals surface area contributed by atoms with Gasteiger partial charge in [-0.15, -0.1) is 0 Å². The Morgan fingerprint density at radius 1 is 1.15 bits per heavy atom. The van der Waals surface area contributed by atoms with Crippen LogP contribution in [0.3, 0.4) is 0 Å². The maximum atomic E-state index is 14.1. The van der Waals surface area contributed by atoms with E-state index in [4.69, 9.17) is 19.5 Å². The van der Waals surface area contributed by atoms with Crippen LogP contribution >= 0.6 is 0 Å².